The van der Waals surface area contributed by atoms with E-state index in [2.05, 4.69) is 4.98 Å². The number of aliphatic carboxylic acids is 1. The van der Waals surface area contributed by atoms with Crippen molar-refractivity contribution in [2.24, 2.45) is 0 Å². The number of pyridine rings is 1. The Bertz CT molecular complexity index is 529. The Morgan fingerprint density at radius 2 is 1.95 bits per heavy atom. The van der Waals surface area contributed by atoms with Gasteiger partial charge < -0.3 is 5.11 Å². The van der Waals surface area contributed by atoms with Crippen molar-refractivity contribution >= 4 is 16.0 Å². The molecule has 0 atom stereocenters. The zero-order chi connectivity index (χ0) is 15.2. The Morgan fingerprint density at radius 1 is 1.35 bits per heavy atom. The molecule has 0 aliphatic carbocycles. The van der Waals surface area contributed by atoms with E-state index in [0.29, 0.717) is 6.42 Å². The molecule has 1 aromatic heterocycles. The number of aromatic nitrogens is 1. The van der Waals surface area contributed by atoms with Crippen molar-refractivity contribution in [1.82, 2.24) is 9.29 Å². The lowest BCUT2D eigenvalue weighted by Gasteiger charge is -2.25. The summed E-state index contributed by atoms with van der Waals surface area (Å²) in [6.45, 7) is 3.49. The van der Waals surface area contributed by atoms with Gasteiger partial charge in [-0.1, -0.05) is 0 Å². The molecule has 0 spiro atoms. The Balaban J connectivity index is 2.70. The summed E-state index contributed by atoms with van der Waals surface area (Å²) < 4.78 is 25.8. The van der Waals surface area contributed by atoms with Crippen LogP contribution in [0.1, 0.15) is 25.8 Å². The average Bonchev–Trinajstić information content (AvgIpc) is 2.37. The fraction of sp³-hybridized carbons (Fsp3) is 0.538. The maximum absolute atomic E-state index is 12.3. The number of hydrogen-bond acceptors (Lipinski definition) is 4. The van der Waals surface area contributed by atoms with E-state index in [1.54, 1.807) is 38.4 Å². The second kappa shape index (κ2) is 7.35. The molecule has 1 heterocycles. The molecule has 0 aromatic carbocycles. The average molecular weight is 300 g/mol. The summed E-state index contributed by atoms with van der Waals surface area (Å²) in [5.74, 6) is -1.03. The lowest BCUT2D eigenvalue weighted by molar-refractivity contribution is -0.137. The zero-order valence-corrected chi connectivity index (χ0v) is 12.5. The van der Waals surface area contributed by atoms with Crippen LogP contribution in [0.3, 0.4) is 0 Å². The highest BCUT2D eigenvalue weighted by atomic mass is 32.2. The van der Waals surface area contributed by atoms with E-state index in [1.165, 1.54) is 4.31 Å². The summed E-state index contributed by atoms with van der Waals surface area (Å²) >= 11 is 0. The Morgan fingerprint density at radius 3 is 2.45 bits per heavy atom. The normalized spacial score (nSPS) is 12.0. The first-order valence-electron chi connectivity index (χ1n) is 6.43. The molecule has 0 radical (unpaired) electrons. The van der Waals surface area contributed by atoms with Gasteiger partial charge in [-0.25, -0.2) is 8.42 Å². The third-order valence-electron chi connectivity index (χ3n) is 2.88. The van der Waals surface area contributed by atoms with Crippen molar-refractivity contribution < 1.29 is 18.3 Å². The standard InChI is InChI=1S/C13H20N2O4S/c1-11(2)15(9-5-13(16)17)20(18,19)10-6-12-3-7-14-8-4-12/h3-4,7-8,11H,5-6,9-10H2,1-2H3,(H,16,17). The molecule has 0 unspecified atom stereocenters. The zero-order valence-electron chi connectivity index (χ0n) is 11.7. The van der Waals surface area contributed by atoms with E-state index < -0.39 is 16.0 Å². The molecule has 1 aromatic rings. The van der Waals surface area contributed by atoms with Gasteiger partial charge in [-0.15, -0.1) is 0 Å². The molecule has 0 aliphatic rings. The molecule has 1 N–H and O–H groups in total. The summed E-state index contributed by atoms with van der Waals surface area (Å²) in [5, 5.41) is 8.69. The number of carboxylic acids is 1. The van der Waals surface area contributed by atoms with Crippen LogP contribution in [0.25, 0.3) is 0 Å². The van der Waals surface area contributed by atoms with E-state index in [-0.39, 0.29) is 24.8 Å². The highest BCUT2D eigenvalue weighted by Crippen LogP contribution is 2.11. The topological polar surface area (TPSA) is 87.6 Å². The maximum atomic E-state index is 12.3. The summed E-state index contributed by atoms with van der Waals surface area (Å²) in [6, 6.07) is 3.29. The highest BCUT2D eigenvalue weighted by Gasteiger charge is 2.25. The maximum Gasteiger partial charge on any atom is 0.304 e. The van der Waals surface area contributed by atoms with Gasteiger partial charge in [0.2, 0.25) is 10.0 Å². The predicted molar refractivity (Wildman–Crippen MR) is 75.8 cm³/mol. The van der Waals surface area contributed by atoms with Crippen molar-refractivity contribution in [3.63, 3.8) is 0 Å². The van der Waals surface area contributed by atoms with Crippen molar-refractivity contribution in [1.29, 1.82) is 0 Å². The molecule has 1 rings (SSSR count). The van der Waals surface area contributed by atoms with Gasteiger partial charge in [0.05, 0.1) is 12.2 Å². The molecule has 20 heavy (non-hydrogen) atoms. The van der Waals surface area contributed by atoms with E-state index in [0.717, 1.165) is 5.56 Å². The molecule has 7 heteroatoms. The molecular formula is C13H20N2O4S. The van der Waals surface area contributed by atoms with Crippen LogP contribution >= 0.6 is 0 Å². The number of carbonyl (C=O) groups is 1. The van der Waals surface area contributed by atoms with Crippen LogP contribution in [-0.4, -0.2) is 47.1 Å². The summed E-state index contributed by atoms with van der Waals surface area (Å²) in [7, 11) is -3.47. The largest absolute Gasteiger partial charge is 0.481 e. The minimum atomic E-state index is -3.47. The van der Waals surface area contributed by atoms with E-state index in [1.807, 2.05) is 0 Å². The molecule has 6 nitrogen and oxygen atoms in total. The van der Waals surface area contributed by atoms with E-state index in [4.69, 9.17) is 5.11 Å². The second-order valence-electron chi connectivity index (χ2n) is 4.77. The van der Waals surface area contributed by atoms with Gasteiger partial charge in [0.1, 0.15) is 0 Å². The van der Waals surface area contributed by atoms with Crippen molar-refractivity contribution in [2.75, 3.05) is 12.3 Å². The van der Waals surface area contributed by atoms with Gasteiger partial charge in [0.15, 0.2) is 0 Å². The van der Waals surface area contributed by atoms with Crippen molar-refractivity contribution in [2.45, 2.75) is 32.7 Å². The Kier molecular flexibility index (Phi) is 6.09. The van der Waals surface area contributed by atoms with E-state index in [9.17, 15) is 13.2 Å². The number of sulfonamides is 1. The Labute approximate surface area is 119 Å². The van der Waals surface area contributed by atoms with Crippen molar-refractivity contribution in [3.05, 3.63) is 30.1 Å². The monoisotopic (exact) mass is 300 g/mol. The number of hydrogen-bond donors (Lipinski definition) is 1. The van der Waals surface area contributed by atoms with Crippen molar-refractivity contribution in [3.8, 4) is 0 Å². The molecule has 0 aliphatic heterocycles. The van der Waals surface area contributed by atoms with Gasteiger partial charge in [0.25, 0.3) is 0 Å². The van der Waals surface area contributed by atoms with Crippen LogP contribution in [-0.2, 0) is 21.2 Å². The molecule has 0 amide bonds. The van der Waals surface area contributed by atoms with Crippen LogP contribution in [0.15, 0.2) is 24.5 Å². The summed E-state index contributed by atoms with van der Waals surface area (Å²) in [5.41, 5.74) is 0.894. The fourth-order valence-electron chi connectivity index (χ4n) is 1.84. The molecule has 0 saturated carbocycles. The lowest BCUT2D eigenvalue weighted by Crippen LogP contribution is -2.40. The van der Waals surface area contributed by atoms with Crippen LogP contribution in [0, 0.1) is 0 Å². The first-order valence-corrected chi connectivity index (χ1v) is 8.04. The molecule has 0 fully saturated rings. The third kappa shape index (κ3) is 5.26. The van der Waals surface area contributed by atoms with Gasteiger partial charge in [-0.05, 0) is 38.0 Å². The van der Waals surface area contributed by atoms with E-state index >= 15 is 0 Å². The van der Waals surface area contributed by atoms with Gasteiger partial charge in [0, 0.05) is 25.0 Å². The minimum Gasteiger partial charge on any atom is -0.481 e. The number of nitrogens with zero attached hydrogens (tertiary/aromatic N) is 2. The summed E-state index contributed by atoms with van der Waals surface area (Å²) in [4.78, 5) is 14.5. The van der Waals surface area contributed by atoms with Gasteiger partial charge in [-0.2, -0.15) is 4.31 Å². The molecular weight excluding hydrogens is 280 g/mol. The predicted octanol–water partition coefficient (Wildman–Crippen LogP) is 1.14. The van der Waals surface area contributed by atoms with Gasteiger partial charge in [-0.3, -0.25) is 9.78 Å². The van der Waals surface area contributed by atoms with Gasteiger partial charge >= 0.3 is 5.97 Å². The quantitative estimate of drug-likeness (QED) is 0.778. The number of rotatable bonds is 8. The van der Waals surface area contributed by atoms with Crippen LogP contribution < -0.4 is 0 Å². The molecule has 0 bridgehead atoms. The first kappa shape index (κ1) is 16.6. The number of carboxylic acid groups (broad SMARTS) is 1. The molecule has 0 saturated heterocycles. The third-order valence-corrected chi connectivity index (χ3v) is 4.92. The van der Waals surface area contributed by atoms with Crippen LogP contribution in [0.4, 0.5) is 0 Å². The first-order chi connectivity index (χ1) is 9.33. The second-order valence-corrected chi connectivity index (χ2v) is 6.81. The number of aryl methyl sites for hydroxylation is 1. The summed E-state index contributed by atoms with van der Waals surface area (Å²) in [6.07, 6.45) is 3.44. The highest BCUT2D eigenvalue weighted by molar-refractivity contribution is 7.89. The molecule has 112 valence electrons. The Hall–Kier alpha value is -1.47. The SMILES string of the molecule is CC(C)N(CCC(=O)O)S(=O)(=O)CCc1ccncc1. The lowest BCUT2D eigenvalue weighted by atomic mass is 10.2. The fourth-order valence-corrected chi connectivity index (χ4v) is 3.58. The van der Waals surface area contributed by atoms with Crippen LogP contribution in [0.5, 0.6) is 0 Å². The van der Waals surface area contributed by atoms with Crippen LogP contribution in [0.2, 0.25) is 0 Å². The smallest absolute Gasteiger partial charge is 0.304 e. The minimum absolute atomic E-state index is 0.00563.